The molecule has 1 saturated carbocycles. The summed E-state index contributed by atoms with van der Waals surface area (Å²) in [7, 11) is 1.70. The standard InChI is InChI=1S/C16H17NO2/c1-10(18)17-14-9-13(14)16-12-6-4-3-5-11(12)7-8-15(16)19-2/h3-8,13-14H,9H2,1-2H3,(H,17,18)/t13-,14-/m1/s1. The van der Waals surface area contributed by atoms with Gasteiger partial charge in [-0.2, -0.15) is 0 Å². The molecule has 0 saturated heterocycles. The van der Waals surface area contributed by atoms with Crippen molar-refractivity contribution in [3.63, 3.8) is 0 Å². The van der Waals surface area contributed by atoms with Crippen molar-refractivity contribution in [1.29, 1.82) is 0 Å². The molecule has 1 N–H and O–H groups in total. The zero-order chi connectivity index (χ0) is 13.4. The lowest BCUT2D eigenvalue weighted by molar-refractivity contribution is -0.119. The van der Waals surface area contributed by atoms with E-state index in [0.717, 1.165) is 12.2 Å². The van der Waals surface area contributed by atoms with Crippen LogP contribution in [0.4, 0.5) is 0 Å². The van der Waals surface area contributed by atoms with Crippen LogP contribution in [0.5, 0.6) is 5.75 Å². The van der Waals surface area contributed by atoms with Gasteiger partial charge in [0.05, 0.1) is 7.11 Å². The SMILES string of the molecule is COc1ccc2ccccc2c1[C@@H]1C[C@H]1NC(C)=O. The van der Waals surface area contributed by atoms with Gasteiger partial charge < -0.3 is 10.1 Å². The summed E-state index contributed by atoms with van der Waals surface area (Å²) in [6.07, 6.45) is 0.990. The van der Waals surface area contributed by atoms with E-state index in [0.29, 0.717) is 5.92 Å². The van der Waals surface area contributed by atoms with Crippen molar-refractivity contribution >= 4 is 16.7 Å². The van der Waals surface area contributed by atoms with Crippen LogP contribution in [0.3, 0.4) is 0 Å². The average molecular weight is 255 g/mol. The molecule has 0 heterocycles. The predicted octanol–water partition coefficient (Wildman–Crippen LogP) is 2.84. The van der Waals surface area contributed by atoms with Gasteiger partial charge >= 0.3 is 0 Å². The molecule has 0 aromatic heterocycles. The van der Waals surface area contributed by atoms with Gasteiger partial charge in [-0.1, -0.05) is 30.3 Å². The fraction of sp³-hybridized carbons (Fsp3) is 0.312. The average Bonchev–Trinajstić information content (AvgIpc) is 3.15. The maximum atomic E-state index is 11.1. The Balaban J connectivity index is 2.04. The smallest absolute Gasteiger partial charge is 0.217 e. The van der Waals surface area contributed by atoms with E-state index in [1.165, 1.54) is 16.3 Å². The number of ether oxygens (including phenoxy) is 1. The molecule has 1 aliphatic rings. The third-order valence-electron chi connectivity index (χ3n) is 3.70. The molecule has 2 aromatic carbocycles. The molecule has 1 fully saturated rings. The number of hydrogen-bond acceptors (Lipinski definition) is 2. The van der Waals surface area contributed by atoms with E-state index in [1.54, 1.807) is 14.0 Å². The molecule has 2 atom stereocenters. The highest BCUT2D eigenvalue weighted by Crippen LogP contribution is 2.47. The first-order chi connectivity index (χ1) is 9.20. The van der Waals surface area contributed by atoms with Crippen molar-refractivity contribution in [1.82, 2.24) is 5.32 Å². The summed E-state index contributed by atoms with van der Waals surface area (Å²) in [5, 5.41) is 5.42. The summed E-state index contributed by atoms with van der Waals surface area (Å²) in [6, 6.07) is 12.6. The van der Waals surface area contributed by atoms with E-state index in [-0.39, 0.29) is 11.9 Å². The van der Waals surface area contributed by atoms with Crippen molar-refractivity contribution in [2.75, 3.05) is 7.11 Å². The van der Waals surface area contributed by atoms with Crippen LogP contribution in [-0.4, -0.2) is 19.1 Å². The highest BCUT2D eigenvalue weighted by atomic mass is 16.5. The fourth-order valence-corrected chi connectivity index (χ4v) is 2.77. The maximum absolute atomic E-state index is 11.1. The number of rotatable bonds is 3. The first-order valence-corrected chi connectivity index (χ1v) is 6.53. The second kappa shape index (κ2) is 4.57. The van der Waals surface area contributed by atoms with Crippen molar-refractivity contribution in [2.24, 2.45) is 0 Å². The molecule has 3 heteroatoms. The molecule has 3 nitrogen and oxygen atoms in total. The molecule has 3 rings (SSSR count). The van der Waals surface area contributed by atoms with Crippen LogP contribution in [-0.2, 0) is 4.79 Å². The molecule has 0 spiro atoms. The van der Waals surface area contributed by atoms with Gasteiger partial charge in [0, 0.05) is 24.4 Å². The number of fused-ring (bicyclic) bond motifs is 1. The lowest BCUT2D eigenvalue weighted by Gasteiger charge is -2.12. The summed E-state index contributed by atoms with van der Waals surface area (Å²) in [4.78, 5) is 11.1. The van der Waals surface area contributed by atoms with Crippen LogP contribution >= 0.6 is 0 Å². The van der Waals surface area contributed by atoms with Crippen LogP contribution in [0.1, 0.15) is 24.8 Å². The summed E-state index contributed by atoms with van der Waals surface area (Å²) < 4.78 is 5.50. The third kappa shape index (κ3) is 2.16. The Morgan fingerprint density at radius 2 is 2.05 bits per heavy atom. The fourth-order valence-electron chi connectivity index (χ4n) is 2.77. The number of carbonyl (C=O) groups excluding carboxylic acids is 1. The van der Waals surface area contributed by atoms with E-state index < -0.39 is 0 Å². The molecule has 0 bridgehead atoms. The van der Waals surface area contributed by atoms with Crippen LogP contribution in [0.15, 0.2) is 36.4 Å². The first-order valence-electron chi connectivity index (χ1n) is 6.53. The van der Waals surface area contributed by atoms with Gasteiger partial charge in [0.2, 0.25) is 5.91 Å². The zero-order valence-electron chi connectivity index (χ0n) is 11.1. The van der Waals surface area contributed by atoms with Crippen LogP contribution in [0, 0.1) is 0 Å². The molecule has 19 heavy (non-hydrogen) atoms. The molecule has 0 aliphatic heterocycles. The van der Waals surface area contributed by atoms with Crippen LogP contribution in [0.2, 0.25) is 0 Å². The molecule has 2 aromatic rings. The Morgan fingerprint density at radius 1 is 1.26 bits per heavy atom. The highest BCUT2D eigenvalue weighted by Gasteiger charge is 2.41. The first kappa shape index (κ1) is 12.0. The molecule has 1 amide bonds. The van der Waals surface area contributed by atoms with Gasteiger partial charge in [-0.15, -0.1) is 0 Å². The quantitative estimate of drug-likeness (QED) is 0.915. The second-order valence-electron chi connectivity index (χ2n) is 5.05. The van der Waals surface area contributed by atoms with Gasteiger partial charge in [0.1, 0.15) is 5.75 Å². The van der Waals surface area contributed by atoms with Crippen LogP contribution < -0.4 is 10.1 Å². The molecule has 98 valence electrons. The number of benzene rings is 2. The predicted molar refractivity (Wildman–Crippen MR) is 75.5 cm³/mol. The monoisotopic (exact) mass is 255 g/mol. The number of amides is 1. The molecule has 1 aliphatic carbocycles. The molecule has 0 unspecified atom stereocenters. The van der Waals surface area contributed by atoms with Crippen molar-refractivity contribution < 1.29 is 9.53 Å². The molecular weight excluding hydrogens is 238 g/mol. The summed E-state index contributed by atoms with van der Waals surface area (Å²) in [6.45, 7) is 1.57. The van der Waals surface area contributed by atoms with E-state index >= 15 is 0 Å². The minimum Gasteiger partial charge on any atom is -0.496 e. The Hall–Kier alpha value is -2.03. The summed E-state index contributed by atoms with van der Waals surface area (Å²) >= 11 is 0. The molecular formula is C16H17NO2. The van der Waals surface area contributed by atoms with E-state index in [1.807, 2.05) is 18.2 Å². The van der Waals surface area contributed by atoms with Crippen LogP contribution in [0.25, 0.3) is 10.8 Å². The van der Waals surface area contributed by atoms with Crippen molar-refractivity contribution in [3.05, 3.63) is 42.0 Å². The Bertz CT molecular complexity index is 636. The van der Waals surface area contributed by atoms with Gasteiger partial charge in [-0.3, -0.25) is 4.79 Å². The summed E-state index contributed by atoms with van der Waals surface area (Å²) in [5.74, 6) is 1.31. The number of nitrogens with one attached hydrogen (secondary N) is 1. The van der Waals surface area contributed by atoms with Gasteiger partial charge in [-0.25, -0.2) is 0 Å². The van der Waals surface area contributed by atoms with Crippen molar-refractivity contribution in [2.45, 2.75) is 25.3 Å². The lowest BCUT2D eigenvalue weighted by atomic mass is 9.99. The van der Waals surface area contributed by atoms with Gasteiger partial charge in [0.15, 0.2) is 0 Å². The maximum Gasteiger partial charge on any atom is 0.217 e. The number of carbonyl (C=O) groups is 1. The number of methoxy groups -OCH3 is 1. The van der Waals surface area contributed by atoms with E-state index in [2.05, 4.69) is 23.5 Å². The Kier molecular flexibility index (Phi) is 2.90. The zero-order valence-corrected chi connectivity index (χ0v) is 11.1. The molecule has 0 radical (unpaired) electrons. The minimum absolute atomic E-state index is 0.0340. The van der Waals surface area contributed by atoms with Crippen molar-refractivity contribution in [3.8, 4) is 5.75 Å². The summed E-state index contributed by atoms with van der Waals surface area (Å²) in [5.41, 5.74) is 1.22. The number of hydrogen-bond donors (Lipinski definition) is 1. The Morgan fingerprint density at radius 3 is 2.79 bits per heavy atom. The van der Waals surface area contributed by atoms with E-state index in [9.17, 15) is 4.79 Å². The normalized spacial score (nSPS) is 21.2. The van der Waals surface area contributed by atoms with Gasteiger partial charge in [0.25, 0.3) is 0 Å². The largest absolute Gasteiger partial charge is 0.496 e. The topological polar surface area (TPSA) is 38.3 Å². The van der Waals surface area contributed by atoms with E-state index in [4.69, 9.17) is 4.74 Å². The second-order valence-corrected chi connectivity index (χ2v) is 5.05. The minimum atomic E-state index is 0.0340. The third-order valence-corrected chi connectivity index (χ3v) is 3.70. The lowest BCUT2D eigenvalue weighted by Crippen LogP contribution is -2.23. The highest BCUT2D eigenvalue weighted by molar-refractivity contribution is 5.89. The Labute approximate surface area is 112 Å². The van der Waals surface area contributed by atoms with Gasteiger partial charge in [-0.05, 0) is 23.3 Å².